The van der Waals surface area contributed by atoms with Crippen LogP contribution in [0.3, 0.4) is 0 Å². The van der Waals surface area contributed by atoms with Crippen molar-refractivity contribution in [2.45, 2.75) is 6.04 Å². The zero-order chi connectivity index (χ0) is 13.2. The number of nitrogens with two attached hydrogens (primary N) is 2. The van der Waals surface area contributed by atoms with Gasteiger partial charge in [-0.05, 0) is 23.8 Å². The van der Waals surface area contributed by atoms with Crippen molar-refractivity contribution in [3.05, 3.63) is 60.2 Å². The van der Waals surface area contributed by atoms with Gasteiger partial charge in [-0.3, -0.25) is 15.0 Å². The van der Waals surface area contributed by atoms with Crippen LogP contribution in [-0.2, 0) is 0 Å². The summed E-state index contributed by atoms with van der Waals surface area (Å²) in [5.74, 6) is 0. The third-order valence-electron chi connectivity index (χ3n) is 3.07. The van der Waals surface area contributed by atoms with Crippen molar-refractivity contribution in [2.75, 3.05) is 5.73 Å². The van der Waals surface area contributed by atoms with Crippen LogP contribution >= 0.6 is 0 Å². The molecule has 0 fully saturated rings. The third-order valence-corrected chi connectivity index (χ3v) is 3.07. The first kappa shape index (κ1) is 11.6. The number of hydrogen-bond donors (Lipinski definition) is 2. The van der Waals surface area contributed by atoms with Crippen LogP contribution in [-0.4, -0.2) is 15.0 Å². The van der Waals surface area contributed by atoms with E-state index < -0.39 is 0 Å². The Hall–Kier alpha value is -2.53. The predicted octanol–water partition coefficient (Wildman–Crippen LogP) is 1.66. The Morgan fingerprint density at radius 1 is 0.947 bits per heavy atom. The highest BCUT2D eigenvalue weighted by molar-refractivity contribution is 5.74. The lowest BCUT2D eigenvalue weighted by Crippen LogP contribution is -2.14. The fourth-order valence-corrected chi connectivity index (χ4v) is 2.03. The molecule has 1 unspecified atom stereocenters. The highest BCUT2D eigenvalue weighted by atomic mass is 14.8. The van der Waals surface area contributed by atoms with Gasteiger partial charge in [-0.15, -0.1) is 0 Å². The molecule has 0 saturated carbocycles. The lowest BCUT2D eigenvalue weighted by Gasteiger charge is -2.14. The Bertz CT molecular complexity index is 726. The fraction of sp³-hybridized carbons (Fsp3) is 0.0714. The second-order valence-electron chi connectivity index (χ2n) is 4.29. The minimum absolute atomic E-state index is 0.319. The molecular weight excluding hydrogens is 238 g/mol. The minimum Gasteiger partial charge on any atom is -0.398 e. The first-order valence-electron chi connectivity index (χ1n) is 5.91. The summed E-state index contributed by atoms with van der Waals surface area (Å²) < 4.78 is 0. The number of nitrogen functional groups attached to an aromatic ring is 1. The first-order valence-corrected chi connectivity index (χ1v) is 5.91. The van der Waals surface area contributed by atoms with Crippen LogP contribution in [0.2, 0.25) is 0 Å². The topological polar surface area (TPSA) is 90.7 Å². The van der Waals surface area contributed by atoms with Gasteiger partial charge in [0.05, 0.1) is 17.1 Å². The summed E-state index contributed by atoms with van der Waals surface area (Å²) in [4.78, 5) is 12.6. The summed E-state index contributed by atoms with van der Waals surface area (Å²) in [6.07, 6.45) is 6.68. The average Bonchev–Trinajstić information content (AvgIpc) is 2.46. The fourth-order valence-electron chi connectivity index (χ4n) is 2.03. The lowest BCUT2D eigenvalue weighted by atomic mass is 9.99. The minimum atomic E-state index is -0.319. The van der Waals surface area contributed by atoms with Crippen LogP contribution < -0.4 is 11.5 Å². The SMILES string of the molecule is Nc1ccncc1C(N)c1ccc2nccnc2c1. The zero-order valence-electron chi connectivity index (χ0n) is 10.2. The van der Waals surface area contributed by atoms with Crippen molar-refractivity contribution < 1.29 is 0 Å². The number of rotatable bonds is 2. The van der Waals surface area contributed by atoms with E-state index in [1.807, 2.05) is 18.2 Å². The molecule has 3 rings (SSSR count). The molecule has 94 valence electrons. The number of nitrogens with zero attached hydrogens (tertiary/aromatic N) is 3. The van der Waals surface area contributed by atoms with E-state index in [2.05, 4.69) is 15.0 Å². The maximum atomic E-state index is 6.24. The molecule has 0 bridgehead atoms. The van der Waals surface area contributed by atoms with E-state index in [4.69, 9.17) is 11.5 Å². The van der Waals surface area contributed by atoms with Crippen LogP contribution in [0.4, 0.5) is 5.69 Å². The van der Waals surface area contributed by atoms with Crippen molar-refractivity contribution in [2.24, 2.45) is 5.73 Å². The first-order chi connectivity index (χ1) is 9.25. The Morgan fingerprint density at radius 2 is 1.74 bits per heavy atom. The van der Waals surface area contributed by atoms with Crippen molar-refractivity contribution in [1.82, 2.24) is 15.0 Å². The van der Waals surface area contributed by atoms with E-state index in [9.17, 15) is 0 Å². The molecule has 1 atom stereocenters. The monoisotopic (exact) mass is 251 g/mol. The average molecular weight is 251 g/mol. The van der Waals surface area contributed by atoms with E-state index >= 15 is 0 Å². The number of pyridine rings is 1. The normalized spacial score (nSPS) is 12.5. The lowest BCUT2D eigenvalue weighted by molar-refractivity contribution is 0.867. The quantitative estimate of drug-likeness (QED) is 0.722. The van der Waals surface area contributed by atoms with Crippen LogP contribution in [0, 0.1) is 0 Å². The van der Waals surface area contributed by atoms with Crippen LogP contribution in [0.1, 0.15) is 17.2 Å². The second kappa shape index (κ2) is 4.62. The van der Waals surface area contributed by atoms with E-state index in [1.165, 1.54) is 0 Å². The molecule has 0 aliphatic carbocycles. The third kappa shape index (κ3) is 2.11. The molecule has 2 heterocycles. The van der Waals surface area contributed by atoms with E-state index in [-0.39, 0.29) is 6.04 Å². The Balaban J connectivity index is 2.07. The van der Waals surface area contributed by atoms with E-state index in [0.29, 0.717) is 5.69 Å². The van der Waals surface area contributed by atoms with Gasteiger partial charge < -0.3 is 11.5 Å². The second-order valence-corrected chi connectivity index (χ2v) is 4.29. The molecule has 0 aliphatic rings. The predicted molar refractivity (Wildman–Crippen MR) is 74.2 cm³/mol. The molecular formula is C14H13N5. The summed E-state index contributed by atoms with van der Waals surface area (Å²) in [6.45, 7) is 0. The molecule has 0 amide bonds. The number of benzene rings is 1. The molecule has 5 nitrogen and oxygen atoms in total. The summed E-state index contributed by atoms with van der Waals surface area (Å²) >= 11 is 0. The molecule has 0 saturated heterocycles. The van der Waals surface area contributed by atoms with E-state index in [0.717, 1.165) is 22.2 Å². The standard InChI is InChI=1S/C14H13N5/c15-11-3-4-17-8-10(11)14(16)9-1-2-12-13(7-9)19-6-5-18-12/h1-8,14H,16H2,(H2,15,17). The van der Waals surface area contributed by atoms with Gasteiger partial charge in [0, 0.05) is 36.0 Å². The number of aromatic nitrogens is 3. The molecule has 5 heteroatoms. The summed E-state index contributed by atoms with van der Waals surface area (Å²) in [5, 5.41) is 0. The molecule has 0 spiro atoms. The maximum absolute atomic E-state index is 6.24. The van der Waals surface area contributed by atoms with Gasteiger partial charge in [0.15, 0.2) is 0 Å². The number of anilines is 1. The van der Waals surface area contributed by atoms with Crippen LogP contribution in [0.5, 0.6) is 0 Å². The molecule has 1 aromatic carbocycles. The van der Waals surface area contributed by atoms with Crippen LogP contribution in [0.25, 0.3) is 11.0 Å². The van der Waals surface area contributed by atoms with Crippen molar-refractivity contribution in [3.63, 3.8) is 0 Å². The summed E-state index contributed by atoms with van der Waals surface area (Å²) in [7, 11) is 0. The largest absolute Gasteiger partial charge is 0.398 e. The van der Waals surface area contributed by atoms with Gasteiger partial charge in [0.25, 0.3) is 0 Å². The van der Waals surface area contributed by atoms with Gasteiger partial charge in [0.1, 0.15) is 0 Å². The number of hydrogen-bond acceptors (Lipinski definition) is 5. The van der Waals surface area contributed by atoms with Gasteiger partial charge in [0.2, 0.25) is 0 Å². The van der Waals surface area contributed by atoms with Crippen molar-refractivity contribution >= 4 is 16.7 Å². The highest BCUT2D eigenvalue weighted by Gasteiger charge is 2.12. The molecule has 0 aliphatic heterocycles. The Morgan fingerprint density at radius 3 is 2.53 bits per heavy atom. The molecule has 2 aromatic heterocycles. The van der Waals surface area contributed by atoms with Crippen molar-refractivity contribution in [3.8, 4) is 0 Å². The summed E-state index contributed by atoms with van der Waals surface area (Å²) in [6, 6.07) is 7.20. The van der Waals surface area contributed by atoms with Crippen molar-refractivity contribution in [1.29, 1.82) is 0 Å². The highest BCUT2D eigenvalue weighted by Crippen LogP contribution is 2.25. The van der Waals surface area contributed by atoms with Gasteiger partial charge >= 0.3 is 0 Å². The van der Waals surface area contributed by atoms with E-state index in [1.54, 1.807) is 30.9 Å². The smallest absolute Gasteiger partial charge is 0.0890 e. The number of fused-ring (bicyclic) bond motifs is 1. The molecule has 3 aromatic rings. The van der Waals surface area contributed by atoms with Gasteiger partial charge in [-0.25, -0.2) is 0 Å². The molecule has 0 radical (unpaired) electrons. The van der Waals surface area contributed by atoms with Crippen LogP contribution in [0.15, 0.2) is 49.1 Å². The molecule has 19 heavy (non-hydrogen) atoms. The summed E-state index contributed by atoms with van der Waals surface area (Å²) in [5.41, 5.74) is 16.2. The Kier molecular flexibility index (Phi) is 2.81. The molecule has 4 N–H and O–H groups in total. The Labute approximate surface area is 110 Å². The zero-order valence-corrected chi connectivity index (χ0v) is 10.2. The van der Waals surface area contributed by atoms with Gasteiger partial charge in [-0.2, -0.15) is 0 Å². The van der Waals surface area contributed by atoms with Gasteiger partial charge in [-0.1, -0.05) is 6.07 Å². The maximum Gasteiger partial charge on any atom is 0.0890 e.